The summed E-state index contributed by atoms with van der Waals surface area (Å²) in [6.07, 6.45) is 0. The topological polar surface area (TPSA) is 20.2 Å². The van der Waals surface area contributed by atoms with Gasteiger partial charge in [0.2, 0.25) is 0 Å². The summed E-state index contributed by atoms with van der Waals surface area (Å²) in [6.45, 7) is 0. The van der Waals surface area contributed by atoms with E-state index in [0.717, 1.165) is 5.56 Å². The number of hydrogen-bond donors (Lipinski definition) is 1. The van der Waals surface area contributed by atoms with Gasteiger partial charge in [-0.05, 0) is 28.2 Å². The fourth-order valence-corrected chi connectivity index (χ4v) is 0.935. The lowest BCUT2D eigenvalue weighted by Crippen LogP contribution is -1.84. The molecule has 1 radical (unpaired) electrons. The first-order chi connectivity index (χ1) is 4.30. The first-order valence-electron chi connectivity index (χ1n) is 2.57. The molecule has 0 spiro atoms. The lowest BCUT2D eigenvalue weighted by molar-refractivity contribution is 0.404. The molecule has 0 saturated carbocycles. The van der Waals surface area contributed by atoms with Crippen LogP contribution in [0.3, 0.4) is 0 Å². The quantitative estimate of drug-likeness (QED) is 0.738. The summed E-state index contributed by atoms with van der Waals surface area (Å²) in [5.41, 5.74) is 0.873. The molecule has 0 heterocycles. The maximum atomic E-state index is 8.93. The van der Waals surface area contributed by atoms with E-state index in [1.54, 1.807) is 0 Å². The van der Waals surface area contributed by atoms with Gasteiger partial charge in [-0.3, -0.25) is 0 Å². The van der Waals surface area contributed by atoms with Crippen LogP contribution in [0.15, 0.2) is 30.3 Å². The van der Waals surface area contributed by atoms with Crippen molar-refractivity contribution in [3.63, 3.8) is 0 Å². The summed E-state index contributed by atoms with van der Waals surface area (Å²) in [6, 6.07) is 9.43. The van der Waals surface area contributed by atoms with Crippen LogP contribution in [0.5, 0.6) is 0 Å². The van der Waals surface area contributed by atoms with Crippen molar-refractivity contribution in [1.82, 2.24) is 0 Å². The number of aliphatic hydroxyl groups is 1. The van der Waals surface area contributed by atoms with Gasteiger partial charge in [0.25, 0.3) is 0 Å². The molecule has 0 aromatic heterocycles. The summed E-state index contributed by atoms with van der Waals surface area (Å²) < 4.78 is 0.341. The highest BCUT2D eigenvalue weighted by Gasteiger charge is 1.99. The number of aliphatic hydroxyl groups excluding tert-OH is 1. The Bertz CT molecular complexity index is 172. The van der Waals surface area contributed by atoms with E-state index >= 15 is 0 Å². The first kappa shape index (κ1) is 7.02. The summed E-state index contributed by atoms with van der Waals surface area (Å²) in [7, 11) is 0. The third kappa shape index (κ3) is 1.95. The molecule has 1 rings (SSSR count). The minimum Gasteiger partial charge on any atom is -0.372 e. The average Bonchev–Trinajstić information content (AvgIpc) is 1.90. The third-order valence-corrected chi connectivity index (χ3v) is 1.63. The van der Waals surface area contributed by atoms with Crippen LogP contribution >= 0.6 is 22.6 Å². The van der Waals surface area contributed by atoms with Crippen LogP contribution in [-0.4, -0.2) is 5.11 Å². The maximum Gasteiger partial charge on any atom is 0.183 e. The zero-order valence-corrected chi connectivity index (χ0v) is 6.87. The smallest absolute Gasteiger partial charge is 0.183 e. The Kier molecular flexibility index (Phi) is 2.48. The van der Waals surface area contributed by atoms with Crippen molar-refractivity contribution < 1.29 is 5.11 Å². The lowest BCUT2D eigenvalue weighted by atomic mass is 10.2. The van der Waals surface area contributed by atoms with E-state index in [2.05, 4.69) is 0 Å². The van der Waals surface area contributed by atoms with Gasteiger partial charge in [-0.1, -0.05) is 30.3 Å². The minimum absolute atomic E-state index is 0.341. The van der Waals surface area contributed by atoms with Gasteiger partial charge >= 0.3 is 0 Å². The Labute approximate surface area is 67.9 Å². The van der Waals surface area contributed by atoms with Crippen molar-refractivity contribution in [2.75, 3.05) is 0 Å². The molecule has 2 heteroatoms. The van der Waals surface area contributed by atoms with Gasteiger partial charge in [0.1, 0.15) is 0 Å². The molecule has 0 atom stereocenters. The molecule has 1 nitrogen and oxygen atoms in total. The van der Waals surface area contributed by atoms with E-state index in [-0.39, 0.29) is 0 Å². The molecule has 1 aromatic carbocycles. The van der Waals surface area contributed by atoms with Crippen LogP contribution in [0.2, 0.25) is 0 Å². The monoisotopic (exact) mass is 233 g/mol. The molecule has 0 aliphatic carbocycles. The van der Waals surface area contributed by atoms with E-state index in [9.17, 15) is 0 Å². The standard InChI is InChI=1S/C7H6IO/c8-7(9)6-4-2-1-3-5-6/h1-5,9H. The molecule has 47 valence electrons. The van der Waals surface area contributed by atoms with Gasteiger partial charge in [0, 0.05) is 0 Å². The van der Waals surface area contributed by atoms with E-state index < -0.39 is 0 Å². The first-order valence-corrected chi connectivity index (χ1v) is 3.65. The molecular formula is C7H6IO. The van der Waals surface area contributed by atoms with Crippen molar-refractivity contribution in [3.05, 3.63) is 40.0 Å². The second-order valence-corrected chi connectivity index (χ2v) is 2.68. The van der Waals surface area contributed by atoms with Crippen LogP contribution in [0.1, 0.15) is 5.56 Å². The minimum atomic E-state index is 0.341. The fourth-order valence-electron chi connectivity index (χ4n) is 0.576. The summed E-state index contributed by atoms with van der Waals surface area (Å²) >= 11 is 1.88. The Morgan fingerprint density at radius 3 is 2.11 bits per heavy atom. The van der Waals surface area contributed by atoms with Gasteiger partial charge in [-0.15, -0.1) is 0 Å². The van der Waals surface area contributed by atoms with Crippen molar-refractivity contribution >= 4 is 22.6 Å². The van der Waals surface area contributed by atoms with Gasteiger partial charge in [-0.25, -0.2) is 0 Å². The fraction of sp³-hybridized carbons (Fsp3) is 0. The molecule has 0 unspecified atom stereocenters. The number of benzene rings is 1. The Morgan fingerprint density at radius 1 is 1.22 bits per heavy atom. The second-order valence-electron chi connectivity index (χ2n) is 1.66. The second kappa shape index (κ2) is 3.17. The zero-order valence-electron chi connectivity index (χ0n) is 4.71. The molecule has 0 amide bonds. The van der Waals surface area contributed by atoms with E-state index in [0.29, 0.717) is 4.11 Å². The highest BCUT2D eigenvalue weighted by atomic mass is 127. The molecule has 1 aromatic rings. The average molecular weight is 233 g/mol. The maximum absolute atomic E-state index is 8.93. The van der Waals surface area contributed by atoms with E-state index in [1.807, 2.05) is 52.9 Å². The van der Waals surface area contributed by atoms with Crippen LogP contribution in [0.25, 0.3) is 0 Å². The van der Waals surface area contributed by atoms with Crippen molar-refractivity contribution in [1.29, 1.82) is 0 Å². The largest absolute Gasteiger partial charge is 0.372 e. The number of halogens is 1. The highest BCUT2D eigenvalue weighted by Crippen LogP contribution is 2.16. The van der Waals surface area contributed by atoms with Crippen molar-refractivity contribution in [2.24, 2.45) is 0 Å². The number of rotatable bonds is 1. The van der Waals surface area contributed by atoms with Crippen molar-refractivity contribution in [3.8, 4) is 0 Å². The molecule has 0 aliphatic heterocycles. The van der Waals surface area contributed by atoms with Crippen LogP contribution in [-0.2, 0) is 0 Å². The molecule has 1 N–H and O–H groups in total. The predicted molar refractivity (Wildman–Crippen MR) is 44.7 cm³/mol. The Hall–Kier alpha value is -0.0900. The SMILES string of the molecule is O[C](I)c1ccccc1. The Morgan fingerprint density at radius 2 is 1.78 bits per heavy atom. The predicted octanol–water partition coefficient (Wildman–Crippen LogP) is 2.33. The molecule has 0 saturated heterocycles. The normalized spacial score (nSPS) is 10.1. The van der Waals surface area contributed by atoms with E-state index in [1.165, 1.54) is 0 Å². The third-order valence-electron chi connectivity index (χ3n) is 1.01. The van der Waals surface area contributed by atoms with Crippen molar-refractivity contribution in [2.45, 2.75) is 0 Å². The lowest BCUT2D eigenvalue weighted by Gasteiger charge is -1.97. The van der Waals surface area contributed by atoms with E-state index in [4.69, 9.17) is 5.11 Å². The van der Waals surface area contributed by atoms with Gasteiger partial charge < -0.3 is 5.11 Å². The van der Waals surface area contributed by atoms with Gasteiger partial charge in [-0.2, -0.15) is 0 Å². The summed E-state index contributed by atoms with van der Waals surface area (Å²) in [4.78, 5) is 0. The molecule has 0 bridgehead atoms. The number of hydrogen-bond acceptors (Lipinski definition) is 1. The summed E-state index contributed by atoms with van der Waals surface area (Å²) in [5.74, 6) is 0. The van der Waals surface area contributed by atoms with Crippen LogP contribution in [0.4, 0.5) is 0 Å². The highest BCUT2D eigenvalue weighted by molar-refractivity contribution is 14.1. The molecule has 9 heavy (non-hydrogen) atoms. The molecule has 0 aliphatic rings. The molecular weight excluding hydrogens is 227 g/mol. The Balaban J connectivity index is 2.85. The van der Waals surface area contributed by atoms with Gasteiger partial charge in [0.15, 0.2) is 4.11 Å². The van der Waals surface area contributed by atoms with Crippen LogP contribution < -0.4 is 0 Å². The molecule has 0 fully saturated rings. The summed E-state index contributed by atoms with van der Waals surface area (Å²) in [5, 5.41) is 8.93. The zero-order chi connectivity index (χ0) is 6.69. The van der Waals surface area contributed by atoms with Gasteiger partial charge in [0.05, 0.1) is 0 Å². The van der Waals surface area contributed by atoms with Crippen LogP contribution in [0, 0.1) is 4.11 Å².